The van der Waals surface area contributed by atoms with Crippen molar-refractivity contribution >= 4 is 23.4 Å². The van der Waals surface area contributed by atoms with Crippen molar-refractivity contribution in [3.8, 4) is 0 Å². The predicted molar refractivity (Wildman–Crippen MR) is 132 cm³/mol. The van der Waals surface area contributed by atoms with Crippen LogP contribution in [0.2, 0.25) is 0 Å². The smallest absolute Gasteiger partial charge is 0.307 e. The second-order valence-electron chi connectivity index (χ2n) is 8.04. The Balaban J connectivity index is 0. The van der Waals surface area contributed by atoms with E-state index in [1.807, 2.05) is 13.8 Å². The lowest BCUT2D eigenvalue weighted by Crippen LogP contribution is -2.31. The number of Topliss-reactive ketones (excluding diaryl/α,β-unsaturated/α-hetero) is 2. The zero-order chi connectivity index (χ0) is 26.9. The first kappa shape index (κ1) is 35.3. The lowest BCUT2D eigenvalue weighted by molar-refractivity contribution is -0.145. The van der Waals surface area contributed by atoms with Crippen LogP contribution in [-0.2, 0) is 38.1 Å². The molecule has 1 unspecified atom stereocenters. The Morgan fingerprint density at radius 3 is 1.69 bits per heavy atom. The highest BCUT2D eigenvalue weighted by atomic mass is 16.6. The van der Waals surface area contributed by atoms with E-state index < -0.39 is 11.9 Å². The summed E-state index contributed by atoms with van der Waals surface area (Å²) in [5, 5.41) is 11.7. The average molecular weight is 506 g/mol. The summed E-state index contributed by atoms with van der Waals surface area (Å²) < 4.78 is 21.4. The van der Waals surface area contributed by atoms with Crippen molar-refractivity contribution in [3.63, 3.8) is 0 Å². The van der Waals surface area contributed by atoms with Crippen molar-refractivity contribution in [3.05, 3.63) is 0 Å². The molecule has 0 spiro atoms. The van der Waals surface area contributed by atoms with E-state index in [9.17, 15) is 19.2 Å². The Kier molecular flexibility index (Phi) is 25.4. The van der Waals surface area contributed by atoms with Gasteiger partial charge in [-0.2, -0.15) is 0 Å². The Labute approximate surface area is 210 Å². The van der Waals surface area contributed by atoms with Gasteiger partial charge in [0.05, 0.1) is 52.2 Å². The second kappa shape index (κ2) is 25.2. The van der Waals surface area contributed by atoms with Crippen LogP contribution in [0.1, 0.15) is 66.7 Å². The number of ether oxygens (including phenoxy) is 4. The van der Waals surface area contributed by atoms with Crippen molar-refractivity contribution in [1.29, 1.82) is 0 Å². The van der Waals surface area contributed by atoms with Gasteiger partial charge in [0.15, 0.2) is 0 Å². The molecule has 0 bridgehead atoms. The first-order valence-electron chi connectivity index (χ1n) is 12.6. The number of rotatable bonds is 23. The maximum atomic E-state index is 11.8. The third-order valence-electron chi connectivity index (χ3n) is 4.71. The fourth-order valence-electron chi connectivity index (χ4n) is 2.70. The zero-order valence-corrected chi connectivity index (χ0v) is 22.3. The van der Waals surface area contributed by atoms with Gasteiger partial charge in [0, 0.05) is 38.8 Å². The van der Waals surface area contributed by atoms with Crippen molar-refractivity contribution in [2.24, 2.45) is 11.8 Å². The van der Waals surface area contributed by atoms with Gasteiger partial charge in [-0.25, -0.2) is 0 Å². The number of aliphatic carboxylic acids is 1. The number of carbonyl (C=O) groups excluding carboxylic acids is 3. The zero-order valence-electron chi connectivity index (χ0n) is 22.3. The lowest BCUT2D eigenvalue weighted by atomic mass is 9.92. The Morgan fingerprint density at radius 2 is 1.23 bits per heavy atom. The fraction of sp³-hybridized carbons (Fsp3) is 0.840. The van der Waals surface area contributed by atoms with Crippen LogP contribution in [0.4, 0.5) is 0 Å². The average Bonchev–Trinajstić information content (AvgIpc) is 2.80. The van der Waals surface area contributed by atoms with E-state index >= 15 is 0 Å². The van der Waals surface area contributed by atoms with Gasteiger partial charge in [0.1, 0.15) is 11.6 Å². The summed E-state index contributed by atoms with van der Waals surface area (Å²) in [5.74, 6) is -2.07. The molecule has 206 valence electrons. The molecule has 2 N–H and O–H groups in total. The van der Waals surface area contributed by atoms with Gasteiger partial charge < -0.3 is 29.4 Å². The van der Waals surface area contributed by atoms with E-state index in [0.29, 0.717) is 72.1 Å². The minimum atomic E-state index is -0.987. The highest BCUT2D eigenvalue weighted by molar-refractivity contribution is 5.83. The summed E-state index contributed by atoms with van der Waals surface area (Å²) >= 11 is 0. The van der Waals surface area contributed by atoms with Gasteiger partial charge in [-0.05, 0) is 19.3 Å². The van der Waals surface area contributed by atoms with E-state index in [1.165, 1.54) is 6.92 Å². The number of amides is 1. The highest BCUT2D eigenvalue weighted by Gasteiger charge is 2.24. The SMILES string of the molecule is CC.CC(=O)CCOCCOCCOCCOCCCC(=O)CCNC(=O)CC(C(=O)O)C(C)C. The molecule has 1 amide bonds. The summed E-state index contributed by atoms with van der Waals surface area (Å²) in [6.45, 7) is 12.8. The standard InChI is InChI=1S/C23H41NO9.C2H6/c1-18(2)21(23(28)29)17-22(27)24-8-6-20(26)5-4-9-30-11-13-32-15-16-33-14-12-31-10-7-19(3)25;1-2/h18,21H,4-17H2,1-3H3,(H,24,27)(H,28,29);1-2H3. The summed E-state index contributed by atoms with van der Waals surface area (Å²) in [7, 11) is 0. The minimum Gasteiger partial charge on any atom is -0.481 e. The molecule has 0 aromatic carbocycles. The van der Waals surface area contributed by atoms with Crippen LogP contribution in [-0.4, -0.2) is 87.9 Å². The van der Waals surface area contributed by atoms with E-state index in [4.69, 9.17) is 24.1 Å². The number of ketones is 2. The van der Waals surface area contributed by atoms with Crippen molar-refractivity contribution in [2.75, 3.05) is 59.4 Å². The molecular formula is C25H47NO9. The third kappa shape index (κ3) is 25.0. The van der Waals surface area contributed by atoms with Crippen LogP contribution in [0.25, 0.3) is 0 Å². The largest absolute Gasteiger partial charge is 0.481 e. The number of carbonyl (C=O) groups is 4. The van der Waals surface area contributed by atoms with Crippen LogP contribution in [0, 0.1) is 11.8 Å². The topological polar surface area (TPSA) is 137 Å². The van der Waals surface area contributed by atoms with Gasteiger partial charge in [0.2, 0.25) is 5.91 Å². The number of hydrogen-bond acceptors (Lipinski definition) is 8. The fourth-order valence-corrected chi connectivity index (χ4v) is 2.70. The molecular weight excluding hydrogens is 458 g/mol. The first-order valence-corrected chi connectivity index (χ1v) is 12.6. The lowest BCUT2D eigenvalue weighted by Gasteiger charge is -2.15. The first-order chi connectivity index (χ1) is 16.7. The number of carboxylic acid groups (broad SMARTS) is 1. The van der Waals surface area contributed by atoms with Crippen LogP contribution in [0.5, 0.6) is 0 Å². The molecule has 0 fully saturated rings. The molecule has 0 aromatic heterocycles. The van der Waals surface area contributed by atoms with Gasteiger partial charge in [-0.3, -0.25) is 19.2 Å². The van der Waals surface area contributed by atoms with E-state index in [2.05, 4.69) is 5.32 Å². The molecule has 10 nitrogen and oxygen atoms in total. The maximum absolute atomic E-state index is 11.8. The summed E-state index contributed by atoms with van der Waals surface area (Å²) in [4.78, 5) is 45.5. The molecule has 0 aromatic rings. The number of nitrogens with one attached hydrogen (secondary N) is 1. The molecule has 0 rings (SSSR count). The van der Waals surface area contributed by atoms with Gasteiger partial charge in [-0.15, -0.1) is 0 Å². The van der Waals surface area contributed by atoms with Crippen molar-refractivity contribution < 1.29 is 43.2 Å². The van der Waals surface area contributed by atoms with E-state index in [0.717, 1.165) is 0 Å². The summed E-state index contributed by atoms with van der Waals surface area (Å²) in [6, 6.07) is 0. The second-order valence-corrected chi connectivity index (χ2v) is 8.04. The van der Waals surface area contributed by atoms with E-state index in [-0.39, 0.29) is 42.8 Å². The minimum absolute atomic E-state index is 0.0243. The molecule has 1 atom stereocenters. The molecule has 0 aliphatic carbocycles. The monoisotopic (exact) mass is 505 g/mol. The molecule has 0 saturated carbocycles. The molecule has 0 heterocycles. The van der Waals surface area contributed by atoms with Crippen molar-refractivity contribution in [2.45, 2.75) is 66.7 Å². The number of carboxylic acids is 1. The van der Waals surface area contributed by atoms with E-state index in [1.54, 1.807) is 13.8 Å². The third-order valence-corrected chi connectivity index (χ3v) is 4.71. The molecule has 10 heteroatoms. The molecule has 0 saturated heterocycles. The highest BCUT2D eigenvalue weighted by Crippen LogP contribution is 2.15. The van der Waals surface area contributed by atoms with Gasteiger partial charge >= 0.3 is 5.97 Å². The summed E-state index contributed by atoms with van der Waals surface area (Å²) in [6.07, 6.45) is 1.51. The van der Waals surface area contributed by atoms with Crippen LogP contribution >= 0.6 is 0 Å². The molecule has 0 radical (unpaired) electrons. The quantitative estimate of drug-likeness (QED) is 0.201. The van der Waals surface area contributed by atoms with Crippen LogP contribution in [0.3, 0.4) is 0 Å². The molecule has 0 aliphatic rings. The normalized spacial score (nSPS) is 11.5. The Bertz CT molecular complexity index is 567. The van der Waals surface area contributed by atoms with Gasteiger partial charge in [-0.1, -0.05) is 27.7 Å². The Morgan fingerprint density at radius 1 is 0.743 bits per heavy atom. The van der Waals surface area contributed by atoms with Crippen LogP contribution in [0.15, 0.2) is 0 Å². The van der Waals surface area contributed by atoms with Crippen LogP contribution < -0.4 is 5.32 Å². The Hall–Kier alpha value is -1.88. The maximum Gasteiger partial charge on any atom is 0.307 e. The summed E-state index contributed by atoms with van der Waals surface area (Å²) in [5.41, 5.74) is 0. The van der Waals surface area contributed by atoms with Gasteiger partial charge in [0.25, 0.3) is 0 Å². The number of hydrogen-bond donors (Lipinski definition) is 2. The molecule has 0 aliphatic heterocycles. The van der Waals surface area contributed by atoms with Crippen molar-refractivity contribution in [1.82, 2.24) is 5.32 Å². The predicted octanol–water partition coefficient (Wildman–Crippen LogP) is 2.66. The molecule has 35 heavy (non-hydrogen) atoms.